The number of aromatic nitrogens is 1. The van der Waals surface area contributed by atoms with Gasteiger partial charge in [-0.05, 0) is 51.3 Å². The summed E-state index contributed by atoms with van der Waals surface area (Å²) in [7, 11) is 0. The average Bonchev–Trinajstić information content (AvgIpc) is 2.83. The molecule has 1 atom stereocenters. The first-order chi connectivity index (χ1) is 11.7. The maximum absolute atomic E-state index is 12.6. The van der Waals surface area contributed by atoms with Crippen LogP contribution in [-0.4, -0.2) is 28.6 Å². The number of aromatic amines is 1. The zero-order valence-corrected chi connectivity index (χ0v) is 15.2. The molecular formula is C20H23NO4. The monoisotopic (exact) mass is 341 g/mol. The van der Waals surface area contributed by atoms with Crippen molar-refractivity contribution in [3.8, 4) is 0 Å². The zero-order valence-electron chi connectivity index (χ0n) is 15.2. The maximum Gasteiger partial charge on any atom is 0.310 e. The number of rotatable bonds is 6. The van der Waals surface area contributed by atoms with Crippen LogP contribution in [0.25, 0.3) is 0 Å². The quantitative estimate of drug-likeness (QED) is 0.644. The number of hydrogen-bond acceptors (Lipinski definition) is 4. The van der Waals surface area contributed by atoms with Crippen molar-refractivity contribution in [1.29, 1.82) is 0 Å². The van der Waals surface area contributed by atoms with Crippen LogP contribution in [0.4, 0.5) is 0 Å². The summed E-state index contributed by atoms with van der Waals surface area (Å²) >= 11 is 0. The lowest BCUT2D eigenvalue weighted by Crippen LogP contribution is -2.26. The first kappa shape index (κ1) is 18.6. The lowest BCUT2D eigenvalue weighted by molar-refractivity contribution is -0.145. The molecule has 0 saturated carbocycles. The molecule has 0 aliphatic heterocycles. The second-order valence-corrected chi connectivity index (χ2v) is 6.28. The van der Waals surface area contributed by atoms with E-state index in [0.717, 1.165) is 11.1 Å². The molecule has 0 amide bonds. The molecule has 0 fully saturated rings. The van der Waals surface area contributed by atoms with Gasteiger partial charge in [0.1, 0.15) is 0 Å². The molecule has 132 valence electrons. The van der Waals surface area contributed by atoms with Gasteiger partial charge in [0, 0.05) is 11.3 Å². The summed E-state index contributed by atoms with van der Waals surface area (Å²) in [6.45, 7) is 8.39. The summed E-state index contributed by atoms with van der Waals surface area (Å²) in [5.74, 6) is -0.899. The van der Waals surface area contributed by atoms with E-state index >= 15 is 0 Å². The van der Waals surface area contributed by atoms with Crippen LogP contribution >= 0.6 is 0 Å². The van der Waals surface area contributed by atoms with Gasteiger partial charge in [-0.3, -0.25) is 14.4 Å². The number of Topliss-reactive ketones (excluding diaryl/α,β-unsaturated/α-hetero) is 2. The molecule has 1 aromatic heterocycles. The van der Waals surface area contributed by atoms with Crippen LogP contribution in [-0.2, 0) is 16.0 Å². The number of benzene rings is 1. The topological polar surface area (TPSA) is 76.2 Å². The summed E-state index contributed by atoms with van der Waals surface area (Å²) in [6.07, 6.45) is -0.806. The molecule has 1 heterocycles. The van der Waals surface area contributed by atoms with E-state index in [2.05, 4.69) is 4.98 Å². The lowest BCUT2D eigenvalue weighted by Gasteiger charge is -2.13. The molecule has 5 heteroatoms. The molecule has 0 spiro atoms. The van der Waals surface area contributed by atoms with E-state index in [1.54, 1.807) is 20.8 Å². The fraction of sp³-hybridized carbons (Fsp3) is 0.350. The predicted octanol–water partition coefficient (Wildman–Crippen LogP) is 3.50. The Morgan fingerprint density at radius 3 is 2.32 bits per heavy atom. The number of carbonyl (C=O) groups excluding carboxylic acids is 3. The Kier molecular flexibility index (Phi) is 5.57. The fourth-order valence-corrected chi connectivity index (χ4v) is 2.98. The van der Waals surface area contributed by atoms with Crippen LogP contribution in [0, 0.1) is 20.8 Å². The molecular weight excluding hydrogens is 318 g/mol. The molecule has 0 saturated heterocycles. The van der Waals surface area contributed by atoms with Crippen molar-refractivity contribution >= 4 is 17.5 Å². The van der Waals surface area contributed by atoms with E-state index in [1.165, 1.54) is 6.92 Å². The summed E-state index contributed by atoms with van der Waals surface area (Å²) < 4.78 is 5.30. The van der Waals surface area contributed by atoms with Gasteiger partial charge in [-0.1, -0.05) is 24.3 Å². The van der Waals surface area contributed by atoms with Crippen LogP contribution in [0.15, 0.2) is 24.3 Å². The number of carbonyl (C=O) groups is 3. The van der Waals surface area contributed by atoms with Gasteiger partial charge in [0.25, 0.3) is 0 Å². The Balaban J connectivity index is 2.10. The van der Waals surface area contributed by atoms with Gasteiger partial charge in [0.05, 0.1) is 12.1 Å². The van der Waals surface area contributed by atoms with Crippen LogP contribution in [0.5, 0.6) is 0 Å². The highest BCUT2D eigenvalue weighted by Gasteiger charge is 2.26. The SMILES string of the molecule is CC(=O)c1c(C)[nH]c(C(=O)[C@@H](C)OC(=O)Cc2ccccc2C)c1C. The highest BCUT2D eigenvalue weighted by Crippen LogP contribution is 2.20. The Morgan fingerprint density at radius 1 is 1.12 bits per heavy atom. The highest BCUT2D eigenvalue weighted by atomic mass is 16.5. The van der Waals surface area contributed by atoms with Crippen molar-refractivity contribution in [2.75, 3.05) is 0 Å². The van der Waals surface area contributed by atoms with Crippen LogP contribution in [0.1, 0.15) is 57.1 Å². The lowest BCUT2D eigenvalue weighted by atomic mass is 10.0. The minimum absolute atomic E-state index is 0.102. The third-order valence-corrected chi connectivity index (χ3v) is 4.31. The van der Waals surface area contributed by atoms with Gasteiger partial charge in [-0.15, -0.1) is 0 Å². The van der Waals surface area contributed by atoms with Gasteiger partial charge in [0.15, 0.2) is 11.9 Å². The van der Waals surface area contributed by atoms with Crippen molar-refractivity contribution < 1.29 is 19.1 Å². The molecule has 25 heavy (non-hydrogen) atoms. The van der Waals surface area contributed by atoms with Crippen molar-refractivity contribution in [3.63, 3.8) is 0 Å². The molecule has 0 aliphatic rings. The first-order valence-electron chi connectivity index (χ1n) is 8.20. The van der Waals surface area contributed by atoms with Gasteiger partial charge in [-0.2, -0.15) is 0 Å². The molecule has 0 unspecified atom stereocenters. The van der Waals surface area contributed by atoms with Crippen LogP contribution in [0.3, 0.4) is 0 Å². The van der Waals surface area contributed by atoms with Crippen molar-refractivity contribution in [3.05, 3.63) is 57.9 Å². The molecule has 0 aliphatic carbocycles. The molecule has 0 radical (unpaired) electrons. The number of esters is 1. The smallest absolute Gasteiger partial charge is 0.310 e. The molecule has 2 aromatic rings. The van der Waals surface area contributed by atoms with E-state index in [-0.39, 0.29) is 18.0 Å². The third-order valence-electron chi connectivity index (χ3n) is 4.31. The second kappa shape index (κ2) is 7.47. The maximum atomic E-state index is 12.6. The summed E-state index contributed by atoms with van der Waals surface area (Å²) in [4.78, 5) is 39.4. The first-order valence-corrected chi connectivity index (χ1v) is 8.20. The number of nitrogens with one attached hydrogen (secondary N) is 1. The predicted molar refractivity (Wildman–Crippen MR) is 95.0 cm³/mol. The number of aryl methyl sites for hydroxylation is 2. The summed E-state index contributed by atoms with van der Waals surface area (Å²) in [5.41, 5.74) is 3.95. The van der Waals surface area contributed by atoms with E-state index in [4.69, 9.17) is 4.74 Å². The number of H-pyrrole nitrogens is 1. The standard InChI is InChI=1S/C20H23NO4/c1-11-8-6-7-9-16(11)10-17(23)25-15(5)20(24)19-12(2)18(14(4)22)13(3)21-19/h6-9,15,21H,10H2,1-5H3/t15-/m1/s1. The Hall–Kier alpha value is -2.69. The molecule has 2 rings (SSSR count). The molecule has 1 N–H and O–H groups in total. The van der Waals surface area contributed by atoms with E-state index in [9.17, 15) is 14.4 Å². The second-order valence-electron chi connectivity index (χ2n) is 6.28. The average molecular weight is 341 g/mol. The van der Waals surface area contributed by atoms with Crippen molar-refractivity contribution in [2.45, 2.75) is 47.1 Å². The van der Waals surface area contributed by atoms with Gasteiger partial charge >= 0.3 is 5.97 Å². The third kappa shape index (κ3) is 4.05. The Labute approximate surface area is 147 Å². The number of ether oxygens (including phenoxy) is 1. The molecule has 1 aromatic carbocycles. The minimum atomic E-state index is -0.923. The Morgan fingerprint density at radius 2 is 1.76 bits per heavy atom. The van der Waals surface area contributed by atoms with Gasteiger partial charge in [-0.25, -0.2) is 0 Å². The molecule has 5 nitrogen and oxygen atoms in total. The van der Waals surface area contributed by atoms with Crippen LogP contribution < -0.4 is 0 Å². The van der Waals surface area contributed by atoms with Crippen LogP contribution in [0.2, 0.25) is 0 Å². The zero-order chi connectivity index (χ0) is 18.7. The Bertz CT molecular complexity index is 832. The van der Waals surface area contributed by atoms with Crippen molar-refractivity contribution in [1.82, 2.24) is 4.98 Å². The van der Waals surface area contributed by atoms with E-state index in [1.807, 2.05) is 31.2 Å². The van der Waals surface area contributed by atoms with Gasteiger partial charge in [0.2, 0.25) is 5.78 Å². The minimum Gasteiger partial charge on any atom is -0.454 e. The molecule has 0 bridgehead atoms. The summed E-state index contributed by atoms with van der Waals surface area (Å²) in [5, 5.41) is 0. The number of ketones is 2. The normalized spacial score (nSPS) is 11.9. The van der Waals surface area contributed by atoms with Gasteiger partial charge < -0.3 is 9.72 Å². The van der Waals surface area contributed by atoms with E-state index < -0.39 is 12.1 Å². The van der Waals surface area contributed by atoms with Crippen molar-refractivity contribution in [2.24, 2.45) is 0 Å². The number of hydrogen-bond donors (Lipinski definition) is 1. The van der Waals surface area contributed by atoms with E-state index in [0.29, 0.717) is 22.5 Å². The summed E-state index contributed by atoms with van der Waals surface area (Å²) in [6, 6.07) is 7.55. The largest absolute Gasteiger partial charge is 0.454 e. The fourth-order valence-electron chi connectivity index (χ4n) is 2.98. The highest BCUT2D eigenvalue weighted by molar-refractivity contribution is 6.05.